The summed E-state index contributed by atoms with van der Waals surface area (Å²) < 4.78 is 5.88. The zero-order valence-electron chi connectivity index (χ0n) is 19.7. The molecule has 3 saturated heterocycles. The zero-order chi connectivity index (χ0) is 22.3. The van der Waals surface area contributed by atoms with Crippen molar-refractivity contribution in [3.63, 3.8) is 0 Å². The summed E-state index contributed by atoms with van der Waals surface area (Å²) in [4.78, 5) is 15.1. The molecule has 1 unspecified atom stereocenters. The van der Waals surface area contributed by atoms with Crippen LogP contribution in [0.2, 0.25) is 0 Å². The number of rotatable bonds is 3. The number of ether oxygens (including phenoxy) is 1. The number of amides is 1. The van der Waals surface area contributed by atoms with Crippen LogP contribution in [-0.2, 0) is 16.6 Å². The number of nitrogens with zero attached hydrogens (tertiary/aromatic N) is 1. The third-order valence-electron chi connectivity index (χ3n) is 7.69. The first-order chi connectivity index (χ1) is 15.4. The van der Waals surface area contributed by atoms with E-state index in [-0.39, 0.29) is 23.7 Å². The molecule has 3 fully saturated rings. The van der Waals surface area contributed by atoms with Gasteiger partial charge in [0.2, 0.25) is 0 Å². The van der Waals surface area contributed by atoms with Crippen LogP contribution >= 0.6 is 0 Å². The number of nitrogens with one attached hydrogen (secondary N) is 1. The van der Waals surface area contributed by atoms with E-state index in [1.165, 1.54) is 27.8 Å². The Bertz CT molecular complexity index is 968. The van der Waals surface area contributed by atoms with Gasteiger partial charge in [0.15, 0.2) is 0 Å². The Morgan fingerprint density at radius 1 is 1.00 bits per heavy atom. The van der Waals surface area contributed by atoms with Crippen molar-refractivity contribution in [2.24, 2.45) is 5.92 Å². The van der Waals surface area contributed by atoms with Gasteiger partial charge >= 0.3 is 6.09 Å². The summed E-state index contributed by atoms with van der Waals surface area (Å²) in [5.74, 6) is 0.539. The standard InChI is InChI=1S/C28H36N2O2/c1-28(2,3)23-10-7-19(8-11-23)21-9-12-24-22(17-21)5-4-6-25(24)29-27(31)32-26-18-30-15-13-20(26)14-16-30/h7-12,17,20,25-26H,4-6,13-16,18H2,1-3H3,(H,29,31)/t25?,26-/m1/s1. The Labute approximate surface area is 192 Å². The van der Waals surface area contributed by atoms with E-state index in [4.69, 9.17) is 4.74 Å². The normalized spacial score (nSPS) is 27.0. The second-order valence-electron chi connectivity index (χ2n) is 10.9. The van der Waals surface area contributed by atoms with E-state index in [0.29, 0.717) is 5.92 Å². The molecular weight excluding hydrogens is 396 g/mol. The van der Waals surface area contributed by atoms with E-state index < -0.39 is 0 Å². The van der Waals surface area contributed by atoms with E-state index in [1.807, 2.05) is 0 Å². The SMILES string of the molecule is CC(C)(C)c1ccc(-c2ccc3c(c2)CCCC3NC(=O)O[C@@H]2CN3CCC2CC3)cc1. The van der Waals surface area contributed by atoms with E-state index in [1.54, 1.807) is 0 Å². The lowest BCUT2D eigenvalue weighted by Gasteiger charge is -2.44. The molecule has 4 aliphatic rings. The minimum Gasteiger partial charge on any atom is -0.445 e. The average Bonchev–Trinajstić information content (AvgIpc) is 2.79. The summed E-state index contributed by atoms with van der Waals surface area (Å²) in [6, 6.07) is 15.7. The fraction of sp³-hybridized carbons (Fsp3) is 0.536. The van der Waals surface area contributed by atoms with Gasteiger partial charge in [0.1, 0.15) is 6.10 Å². The summed E-state index contributed by atoms with van der Waals surface area (Å²) in [7, 11) is 0. The average molecular weight is 433 g/mol. The summed E-state index contributed by atoms with van der Waals surface area (Å²) in [5.41, 5.74) is 6.61. The molecule has 1 N–H and O–H groups in total. The molecule has 2 atom stereocenters. The molecule has 0 saturated carbocycles. The third-order valence-corrected chi connectivity index (χ3v) is 7.69. The van der Waals surface area contributed by atoms with Gasteiger partial charge in [-0.2, -0.15) is 0 Å². The summed E-state index contributed by atoms with van der Waals surface area (Å²) >= 11 is 0. The first kappa shape index (κ1) is 21.5. The highest BCUT2D eigenvalue weighted by Gasteiger charge is 2.37. The van der Waals surface area contributed by atoms with Gasteiger partial charge in [-0.25, -0.2) is 4.79 Å². The van der Waals surface area contributed by atoms with Gasteiger partial charge in [0, 0.05) is 6.54 Å². The second kappa shape index (κ2) is 8.55. The molecule has 170 valence electrons. The molecule has 4 heteroatoms. The molecule has 2 aromatic rings. The van der Waals surface area contributed by atoms with E-state index in [0.717, 1.165) is 51.7 Å². The molecule has 4 nitrogen and oxygen atoms in total. The first-order valence-corrected chi connectivity index (χ1v) is 12.3. The number of benzene rings is 2. The number of alkyl carbamates (subject to hydrolysis) is 1. The summed E-state index contributed by atoms with van der Waals surface area (Å²) in [6.45, 7) is 9.95. The van der Waals surface area contributed by atoms with Crippen molar-refractivity contribution in [3.05, 3.63) is 59.2 Å². The largest absolute Gasteiger partial charge is 0.445 e. The fourth-order valence-corrected chi connectivity index (χ4v) is 5.66. The van der Waals surface area contributed by atoms with Crippen molar-refractivity contribution >= 4 is 6.09 Å². The minimum atomic E-state index is -0.247. The minimum absolute atomic E-state index is 0.0460. The molecule has 32 heavy (non-hydrogen) atoms. The lowest BCUT2D eigenvalue weighted by Crippen LogP contribution is -2.52. The topological polar surface area (TPSA) is 41.6 Å². The van der Waals surface area contributed by atoms with Crippen LogP contribution in [0.25, 0.3) is 11.1 Å². The number of hydrogen-bond donors (Lipinski definition) is 1. The zero-order valence-corrected chi connectivity index (χ0v) is 19.7. The van der Waals surface area contributed by atoms with Crippen LogP contribution in [0, 0.1) is 5.92 Å². The molecule has 0 aromatic heterocycles. The van der Waals surface area contributed by atoms with E-state index >= 15 is 0 Å². The van der Waals surface area contributed by atoms with Crippen LogP contribution in [0.3, 0.4) is 0 Å². The van der Waals surface area contributed by atoms with E-state index in [9.17, 15) is 4.79 Å². The summed E-state index contributed by atoms with van der Waals surface area (Å²) in [6.07, 6.45) is 5.25. The van der Waals surface area contributed by atoms with Crippen molar-refractivity contribution in [2.75, 3.05) is 19.6 Å². The predicted molar refractivity (Wildman–Crippen MR) is 129 cm³/mol. The van der Waals surface area contributed by atoms with Crippen molar-refractivity contribution in [1.82, 2.24) is 10.2 Å². The third kappa shape index (κ3) is 4.43. The predicted octanol–water partition coefficient (Wildman–Crippen LogP) is 5.85. The molecule has 3 heterocycles. The van der Waals surface area contributed by atoms with Crippen LogP contribution in [0.15, 0.2) is 42.5 Å². The maximum atomic E-state index is 12.7. The van der Waals surface area contributed by atoms with Gasteiger partial charge in [-0.3, -0.25) is 4.90 Å². The molecule has 0 spiro atoms. The number of carbonyl (C=O) groups excluding carboxylic acids is 1. The number of aryl methyl sites for hydroxylation is 1. The smallest absolute Gasteiger partial charge is 0.407 e. The van der Waals surface area contributed by atoms with Gasteiger partial charge in [0.25, 0.3) is 0 Å². The number of fused-ring (bicyclic) bond motifs is 4. The number of piperidine rings is 3. The lowest BCUT2D eigenvalue weighted by atomic mass is 9.84. The van der Waals surface area contributed by atoms with Crippen molar-refractivity contribution in [2.45, 2.75) is 70.4 Å². The van der Waals surface area contributed by atoms with Crippen molar-refractivity contribution in [1.29, 1.82) is 0 Å². The van der Waals surface area contributed by atoms with Gasteiger partial charge in [-0.1, -0.05) is 63.2 Å². The second-order valence-corrected chi connectivity index (χ2v) is 10.9. The fourth-order valence-electron chi connectivity index (χ4n) is 5.66. The molecule has 3 aliphatic heterocycles. The van der Waals surface area contributed by atoms with Crippen molar-refractivity contribution in [3.8, 4) is 11.1 Å². The van der Waals surface area contributed by atoms with Gasteiger partial charge in [-0.15, -0.1) is 0 Å². The van der Waals surface area contributed by atoms with Gasteiger partial charge in [0.05, 0.1) is 6.04 Å². The number of hydrogen-bond acceptors (Lipinski definition) is 3. The maximum Gasteiger partial charge on any atom is 0.407 e. The highest BCUT2D eigenvalue weighted by Crippen LogP contribution is 2.34. The van der Waals surface area contributed by atoms with Gasteiger partial charge < -0.3 is 10.1 Å². The summed E-state index contributed by atoms with van der Waals surface area (Å²) in [5, 5.41) is 3.19. The van der Waals surface area contributed by atoms with Gasteiger partial charge in [-0.05, 0) is 84.3 Å². The maximum absolute atomic E-state index is 12.7. The first-order valence-electron chi connectivity index (χ1n) is 12.3. The van der Waals surface area contributed by atoms with Crippen LogP contribution in [0.5, 0.6) is 0 Å². The van der Waals surface area contributed by atoms with Crippen molar-refractivity contribution < 1.29 is 9.53 Å². The molecular formula is C28H36N2O2. The Morgan fingerprint density at radius 3 is 2.38 bits per heavy atom. The Hall–Kier alpha value is -2.33. The molecule has 1 aliphatic carbocycles. The van der Waals surface area contributed by atoms with Crippen LogP contribution in [0.1, 0.15) is 69.2 Å². The lowest BCUT2D eigenvalue weighted by molar-refractivity contribution is -0.0340. The highest BCUT2D eigenvalue weighted by molar-refractivity contribution is 5.69. The van der Waals surface area contributed by atoms with E-state index in [2.05, 4.69) is 73.5 Å². The molecule has 1 amide bonds. The Kier molecular flexibility index (Phi) is 5.75. The number of carbonyl (C=O) groups is 1. The quantitative estimate of drug-likeness (QED) is 0.662. The Morgan fingerprint density at radius 2 is 1.72 bits per heavy atom. The van der Waals surface area contributed by atoms with Crippen LogP contribution in [-0.4, -0.2) is 36.7 Å². The Balaban J connectivity index is 1.27. The molecule has 2 aromatic carbocycles. The monoisotopic (exact) mass is 432 g/mol. The van der Waals surface area contributed by atoms with Crippen LogP contribution in [0.4, 0.5) is 4.79 Å². The molecule has 2 bridgehead atoms. The highest BCUT2D eigenvalue weighted by atomic mass is 16.6. The van der Waals surface area contributed by atoms with Crippen LogP contribution < -0.4 is 5.32 Å². The molecule has 0 radical (unpaired) electrons. The molecule has 6 rings (SSSR count).